The van der Waals surface area contributed by atoms with Crippen LogP contribution in [-0.4, -0.2) is 4.98 Å². The summed E-state index contributed by atoms with van der Waals surface area (Å²) in [7, 11) is 0. The van der Waals surface area contributed by atoms with Gasteiger partial charge in [-0.1, -0.05) is 19.9 Å². The smallest absolute Gasteiger partial charge is 0.0372 e. The van der Waals surface area contributed by atoms with Crippen LogP contribution in [0.15, 0.2) is 18.3 Å². The Morgan fingerprint density at radius 2 is 2.14 bits per heavy atom. The van der Waals surface area contributed by atoms with Crippen molar-refractivity contribution in [1.82, 2.24) is 4.98 Å². The van der Waals surface area contributed by atoms with Gasteiger partial charge in [-0.15, -0.1) is 0 Å². The molecule has 1 heterocycles. The maximum Gasteiger partial charge on any atom is 0.0372 e. The second-order valence-corrected chi connectivity index (χ2v) is 5.06. The third-order valence-corrected chi connectivity index (χ3v) is 3.34. The van der Waals surface area contributed by atoms with Gasteiger partial charge in [-0.25, -0.2) is 0 Å². The van der Waals surface area contributed by atoms with Crippen molar-refractivity contribution in [3.8, 4) is 0 Å². The van der Waals surface area contributed by atoms with Crippen LogP contribution in [0.4, 0.5) is 0 Å². The maximum atomic E-state index is 6.19. The van der Waals surface area contributed by atoms with E-state index in [1.807, 2.05) is 19.2 Å². The third-order valence-electron chi connectivity index (χ3n) is 3.34. The van der Waals surface area contributed by atoms with Crippen molar-refractivity contribution in [3.05, 3.63) is 29.6 Å². The molecule has 2 N–H and O–H groups in total. The molecule has 1 fully saturated rings. The van der Waals surface area contributed by atoms with E-state index in [2.05, 4.69) is 24.9 Å². The Hall–Kier alpha value is -0.890. The summed E-state index contributed by atoms with van der Waals surface area (Å²) in [5.41, 5.74) is 8.85. The zero-order chi connectivity index (χ0) is 10.3. The number of nitrogens with two attached hydrogens (primary N) is 1. The highest BCUT2D eigenvalue weighted by atomic mass is 14.8. The molecule has 0 spiro atoms. The van der Waals surface area contributed by atoms with Gasteiger partial charge < -0.3 is 5.73 Å². The van der Waals surface area contributed by atoms with Gasteiger partial charge in [0.15, 0.2) is 0 Å². The van der Waals surface area contributed by atoms with Gasteiger partial charge in [0.1, 0.15) is 0 Å². The van der Waals surface area contributed by atoms with E-state index in [1.54, 1.807) is 0 Å². The molecule has 2 heteroatoms. The van der Waals surface area contributed by atoms with Crippen LogP contribution in [0.1, 0.15) is 37.6 Å². The predicted molar refractivity (Wildman–Crippen MR) is 57.8 cm³/mol. The van der Waals surface area contributed by atoms with E-state index >= 15 is 0 Å². The van der Waals surface area contributed by atoms with E-state index in [4.69, 9.17) is 5.73 Å². The molecular weight excluding hydrogens is 172 g/mol. The zero-order valence-electron chi connectivity index (χ0n) is 9.12. The molecule has 1 aliphatic rings. The van der Waals surface area contributed by atoms with Crippen molar-refractivity contribution in [1.29, 1.82) is 0 Å². The van der Waals surface area contributed by atoms with E-state index in [-0.39, 0.29) is 6.04 Å². The number of rotatable bonds is 2. The molecule has 0 saturated heterocycles. The summed E-state index contributed by atoms with van der Waals surface area (Å²) in [4.78, 5) is 4.28. The van der Waals surface area contributed by atoms with Crippen LogP contribution in [0.2, 0.25) is 0 Å². The minimum atomic E-state index is 0.165. The Labute approximate surface area is 85.5 Å². The molecule has 1 aliphatic carbocycles. The first-order valence-corrected chi connectivity index (χ1v) is 5.19. The minimum absolute atomic E-state index is 0.165. The highest BCUT2D eigenvalue weighted by Crippen LogP contribution is 2.56. The van der Waals surface area contributed by atoms with E-state index < -0.39 is 0 Å². The largest absolute Gasteiger partial charge is 0.324 e. The lowest BCUT2D eigenvalue weighted by atomic mass is 9.99. The lowest BCUT2D eigenvalue weighted by Gasteiger charge is -2.13. The summed E-state index contributed by atoms with van der Waals surface area (Å²) in [6, 6.07) is 4.30. The summed E-state index contributed by atoms with van der Waals surface area (Å²) >= 11 is 0. The summed E-state index contributed by atoms with van der Waals surface area (Å²) in [5.74, 6) is 0.631. The molecule has 1 aromatic rings. The number of pyridine rings is 1. The van der Waals surface area contributed by atoms with Gasteiger partial charge in [-0.2, -0.15) is 0 Å². The summed E-state index contributed by atoms with van der Waals surface area (Å²) in [6.07, 6.45) is 3.15. The fourth-order valence-corrected chi connectivity index (χ4v) is 2.03. The van der Waals surface area contributed by atoms with Crippen LogP contribution >= 0.6 is 0 Å². The van der Waals surface area contributed by atoms with Gasteiger partial charge in [0.2, 0.25) is 0 Å². The Bertz CT molecular complexity index is 327. The van der Waals surface area contributed by atoms with E-state index in [1.165, 1.54) is 12.0 Å². The molecule has 1 aromatic heterocycles. The summed E-state index contributed by atoms with van der Waals surface area (Å²) in [6.45, 7) is 6.55. The number of hydrogen-bond donors (Lipinski definition) is 1. The minimum Gasteiger partial charge on any atom is -0.324 e. The maximum absolute atomic E-state index is 6.19. The molecule has 2 nitrogen and oxygen atoms in total. The highest BCUT2D eigenvalue weighted by molar-refractivity contribution is 5.21. The van der Waals surface area contributed by atoms with Crippen LogP contribution in [0.5, 0.6) is 0 Å². The average Bonchev–Trinajstić information content (AvgIpc) is 2.75. The monoisotopic (exact) mass is 190 g/mol. The van der Waals surface area contributed by atoms with E-state index in [0.717, 1.165) is 5.69 Å². The predicted octanol–water partition coefficient (Wildman–Crippen LogP) is 2.44. The van der Waals surface area contributed by atoms with E-state index in [0.29, 0.717) is 11.3 Å². The van der Waals surface area contributed by atoms with Crippen LogP contribution in [0.3, 0.4) is 0 Å². The van der Waals surface area contributed by atoms with Gasteiger partial charge in [0, 0.05) is 17.9 Å². The lowest BCUT2D eigenvalue weighted by Crippen LogP contribution is -2.15. The Morgan fingerprint density at radius 3 is 2.57 bits per heavy atom. The van der Waals surface area contributed by atoms with Crippen molar-refractivity contribution in [2.75, 3.05) is 0 Å². The Kier molecular flexibility index (Phi) is 2.11. The average molecular weight is 190 g/mol. The van der Waals surface area contributed by atoms with Crippen molar-refractivity contribution >= 4 is 0 Å². The lowest BCUT2D eigenvalue weighted by molar-refractivity contribution is 0.490. The molecular formula is C12H18N2. The number of aryl methyl sites for hydroxylation is 1. The van der Waals surface area contributed by atoms with Crippen molar-refractivity contribution in [2.45, 2.75) is 33.2 Å². The van der Waals surface area contributed by atoms with Crippen LogP contribution in [-0.2, 0) is 0 Å². The third kappa shape index (κ3) is 1.67. The molecule has 0 aromatic carbocycles. The molecule has 2 unspecified atom stereocenters. The number of nitrogens with zero attached hydrogens (tertiary/aromatic N) is 1. The molecule has 76 valence electrons. The first-order valence-electron chi connectivity index (χ1n) is 5.19. The Balaban J connectivity index is 2.13. The summed E-state index contributed by atoms with van der Waals surface area (Å²) in [5, 5.41) is 0. The number of aromatic nitrogens is 1. The van der Waals surface area contributed by atoms with Crippen LogP contribution in [0.25, 0.3) is 0 Å². The molecule has 14 heavy (non-hydrogen) atoms. The second-order valence-electron chi connectivity index (χ2n) is 5.06. The molecule has 0 aliphatic heterocycles. The van der Waals surface area contributed by atoms with Crippen LogP contribution in [0, 0.1) is 18.3 Å². The van der Waals surface area contributed by atoms with Crippen LogP contribution < -0.4 is 5.73 Å². The fourth-order valence-electron chi connectivity index (χ4n) is 2.03. The molecule has 2 rings (SSSR count). The standard InChI is InChI=1S/C12H18N2/c1-8-4-5-9(7-14-8)11(13)10-6-12(10,2)3/h4-5,7,10-11H,6,13H2,1-3H3. The van der Waals surface area contributed by atoms with Gasteiger partial charge >= 0.3 is 0 Å². The second kappa shape index (κ2) is 3.06. The molecule has 0 radical (unpaired) electrons. The van der Waals surface area contributed by atoms with Gasteiger partial charge in [0.05, 0.1) is 0 Å². The molecule has 2 atom stereocenters. The first-order chi connectivity index (χ1) is 6.50. The summed E-state index contributed by atoms with van der Waals surface area (Å²) < 4.78 is 0. The van der Waals surface area contributed by atoms with Gasteiger partial charge in [-0.05, 0) is 36.3 Å². The zero-order valence-corrected chi connectivity index (χ0v) is 9.12. The quantitative estimate of drug-likeness (QED) is 0.778. The molecule has 0 bridgehead atoms. The normalized spacial score (nSPS) is 25.9. The molecule has 0 amide bonds. The fraction of sp³-hybridized carbons (Fsp3) is 0.583. The Morgan fingerprint density at radius 1 is 1.50 bits per heavy atom. The van der Waals surface area contributed by atoms with Crippen molar-refractivity contribution in [3.63, 3.8) is 0 Å². The SMILES string of the molecule is Cc1ccc(C(N)C2CC2(C)C)cn1. The number of hydrogen-bond acceptors (Lipinski definition) is 2. The van der Waals surface area contributed by atoms with Crippen molar-refractivity contribution in [2.24, 2.45) is 17.1 Å². The van der Waals surface area contributed by atoms with E-state index in [9.17, 15) is 0 Å². The van der Waals surface area contributed by atoms with Crippen molar-refractivity contribution < 1.29 is 0 Å². The molecule has 1 saturated carbocycles. The first kappa shape index (κ1) is 9.66. The van der Waals surface area contributed by atoms with Gasteiger partial charge in [-0.3, -0.25) is 4.98 Å². The topological polar surface area (TPSA) is 38.9 Å². The van der Waals surface area contributed by atoms with Gasteiger partial charge in [0.25, 0.3) is 0 Å². The highest BCUT2D eigenvalue weighted by Gasteiger charge is 2.49.